The molecule has 3 atom stereocenters. The first-order valence-corrected chi connectivity index (χ1v) is 9.43. The topological polar surface area (TPSA) is 236 Å². The van der Waals surface area contributed by atoms with Crippen LogP contribution in [0.15, 0.2) is 59.5 Å². The minimum absolute atomic E-state index is 0.206. The van der Waals surface area contributed by atoms with Gasteiger partial charge in [-0.05, 0) is 6.92 Å². The molecule has 15 nitrogen and oxygen atoms in total. The Kier molecular flexibility index (Phi) is 8.79. The van der Waals surface area contributed by atoms with E-state index in [0.717, 1.165) is 0 Å². The fourth-order valence-electron chi connectivity index (χ4n) is 2.56. The van der Waals surface area contributed by atoms with Gasteiger partial charge in [-0.2, -0.15) is 0 Å². The summed E-state index contributed by atoms with van der Waals surface area (Å²) in [5.41, 5.74) is -2.23. The van der Waals surface area contributed by atoms with E-state index in [1.807, 2.05) is 4.98 Å². The molecule has 1 fully saturated rings. The zero-order chi connectivity index (χ0) is 24.5. The van der Waals surface area contributed by atoms with Crippen molar-refractivity contribution in [3.63, 3.8) is 0 Å². The van der Waals surface area contributed by atoms with Gasteiger partial charge in [0.15, 0.2) is 0 Å². The van der Waals surface area contributed by atoms with Crippen molar-refractivity contribution in [2.45, 2.75) is 31.8 Å². The first kappa shape index (κ1) is 25.2. The smallest absolute Gasteiger partial charge is 0.330 e. The van der Waals surface area contributed by atoms with E-state index < -0.39 is 41.1 Å². The lowest BCUT2D eigenvalue weighted by Gasteiger charge is -2.13. The highest BCUT2D eigenvalue weighted by molar-refractivity contribution is 4.98. The number of hydrogen-bond donors (Lipinski definition) is 7. The predicted molar refractivity (Wildman–Crippen MR) is 113 cm³/mol. The van der Waals surface area contributed by atoms with Gasteiger partial charge in [0.05, 0.1) is 12.7 Å². The van der Waals surface area contributed by atoms with Gasteiger partial charge >= 0.3 is 17.1 Å². The molecule has 3 aromatic heterocycles. The number of aromatic amines is 5. The normalized spacial score (nSPS) is 19.1. The van der Waals surface area contributed by atoms with E-state index in [1.54, 1.807) is 6.92 Å². The number of aliphatic hydroxyl groups is 2. The summed E-state index contributed by atoms with van der Waals surface area (Å²) in [7, 11) is 0. The van der Waals surface area contributed by atoms with Crippen LogP contribution in [-0.2, 0) is 4.74 Å². The Morgan fingerprint density at radius 1 is 1.00 bits per heavy atom. The van der Waals surface area contributed by atoms with Gasteiger partial charge < -0.3 is 24.9 Å². The number of hydrogen-bond acceptors (Lipinski definition) is 9. The second-order valence-corrected chi connectivity index (χ2v) is 6.68. The maximum atomic E-state index is 11.4. The summed E-state index contributed by atoms with van der Waals surface area (Å²) in [5, 5.41) is 18.4. The summed E-state index contributed by atoms with van der Waals surface area (Å²) in [5.74, 6) is 0. The Morgan fingerprint density at radius 2 is 1.67 bits per heavy atom. The quantitative estimate of drug-likeness (QED) is 0.199. The summed E-state index contributed by atoms with van der Waals surface area (Å²) >= 11 is 0. The predicted octanol–water partition coefficient (Wildman–Crippen LogP) is -3.39. The standard InChI is InChI=1S/C9H12N2O5.C5H6N2O2.C4H4N2O2/c12-4-6-5(13)3-8(16-6)11-2-1-7(14)10-9(11)15;1-3-2-6-5(9)7-4(3)8;7-3-1-2-5-4(8)6-3/h1-2,5-6,8,12-13H,3-4H2,(H,10,14,15);2H,1H3,(H2,6,7,8,9);1-2H,(H2,5,6,7,8)/t5-,6+,8+;;/m0../s1. The molecule has 0 radical (unpaired) electrons. The summed E-state index contributed by atoms with van der Waals surface area (Å²) in [6.45, 7) is 1.31. The SMILES string of the molecule is Cc1c[nH]c(=O)[nH]c1=O.O=c1cc[nH]c(=O)[nH]1.O=c1ccn([C@H]2C[C@H](O)[C@@H](CO)O2)c(=O)[nH]1. The van der Waals surface area contributed by atoms with Crippen LogP contribution in [0.3, 0.4) is 0 Å². The average Bonchev–Trinajstić information content (AvgIpc) is 3.12. The van der Waals surface area contributed by atoms with Crippen molar-refractivity contribution >= 4 is 0 Å². The fraction of sp³-hybridized carbons (Fsp3) is 0.333. The monoisotopic (exact) mass is 466 g/mol. The van der Waals surface area contributed by atoms with Crippen LogP contribution in [0, 0.1) is 6.92 Å². The van der Waals surface area contributed by atoms with Crippen LogP contribution in [0.25, 0.3) is 0 Å². The Hall–Kier alpha value is -4.08. The molecule has 0 unspecified atom stereocenters. The Bertz CT molecular complexity index is 1370. The van der Waals surface area contributed by atoms with Gasteiger partial charge in [0, 0.05) is 42.7 Å². The molecule has 33 heavy (non-hydrogen) atoms. The molecule has 1 saturated heterocycles. The van der Waals surface area contributed by atoms with Crippen LogP contribution in [0.4, 0.5) is 0 Å². The zero-order valence-electron chi connectivity index (χ0n) is 17.2. The molecule has 0 spiro atoms. The maximum Gasteiger partial charge on any atom is 0.330 e. The number of H-pyrrole nitrogens is 5. The minimum atomic E-state index is -0.811. The van der Waals surface area contributed by atoms with E-state index >= 15 is 0 Å². The van der Waals surface area contributed by atoms with Crippen molar-refractivity contribution in [2.24, 2.45) is 0 Å². The van der Waals surface area contributed by atoms with Gasteiger partial charge in [0.2, 0.25) is 0 Å². The molecule has 7 N–H and O–H groups in total. The molecule has 178 valence electrons. The molecular formula is C18H22N6O9. The van der Waals surface area contributed by atoms with Crippen LogP contribution in [0.2, 0.25) is 0 Å². The first-order valence-electron chi connectivity index (χ1n) is 9.43. The van der Waals surface area contributed by atoms with Crippen molar-refractivity contribution in [1.29, 1.82) is 0 Å². The number of aliphatic hydroxyl groups excluding tert-OH is 2. The van der Waals surface area contributed by atoms with Crippen molar-refractivity contribution in [3.8, 4) is 0 Å². The summed E-state index contributed by atoms with van der Waals surface area (Å²) in [6.07, 6.45) is 2.02. The Balaban J connectivity index is 0.000000192. The van der Waals surface area contributed by atoms with E-state index in [1.165, 1.54) is 35.3 Å². The zero-order valence-corrected chi connectivity index (χ0v) is 17.2. The van der Waals surface area contributed by atoms with E-state index in [9.17, 15) is 33.9 Å². The molecule has 0 bridgehead atoms. The van der Waals surface area contributed by atoms with Gasteiger partial charge in [-0.25, -0.2) is 14.4 Å². The van der Waals surface area contributed by atoms with Crippen molar-refractivity contribution in [3.05, 3.63) is 98.8 Å². The second-order valence-electron chi connectivity index (χ2n) is 6.68. The minimum Gasteiger partial charge on any atom is -0.394 e. The van der Waals surface area contributed by atoms with Crippen LogP contribution >= 0.6 is 0 Å². The second kappa shape index (κ2) is 11.5. The Morgan fingerprint density at radius 3 is 2.15 bits per heavy atom. The van der Waals surface area contributed by atoms with Gasteiger partial charge in [-0.15, -0.1) is 0 Å². The molecule has 1 aliphatic rings. The van der Waals surface area contributed by atoms with Crippen molar-refractivity contribution in [1.82, 2.24) is 29.5 Å². The highest BCUT2D eigenvalue weighted by Crippen LogP contribution is 2.26. The molecule has 0 aromatic carbocycles. The molecule has 1 aliphatic heterocycles. The van der Waals surface area contributed by atoms with Gasteiger partial charge in [0.25, 0.3) is 16.7 Å². The summed E-state index contributed by atoms with van der Waals surface area (Å²) in [6, 6.07) is 2.44. The number of nitrogens with one attached hydrogen (secondary N) is 5. The highest BCUT2D eigenvalue weighted by atomic mass is 16.5. The third-order valence-corrected chi connectivity index (χ3v) is 4.24. The third-order valence-electron chi connectivity index (χ3n) is 4.24. The average molecular weight is 466 g/mol. The fourth-order valence-corrected chi connectivity index (χ4v) is 2.56. The molecule has 15 heteroatoms. The van der Waals surface area contributed by atoms with Crippen LogP contribution in [0.5, 0.6) is 0 Å². The summed E-state index contributed by atoms with van der Waals surface area (Å²) in [4.78, 5) is 74.3. The molecule has 4 rings (SSSR count). The molecule has 0 saturated carbocycles. The number of rotatable bonds is 2. The number of ether oxygens (including phenoxy) is 1. The molecule has 3 aromatic rings. The van der Waals surface area contributed by atoms with E-state index in [2.05, 4.69) is 19.9 Å². The third kappa shape index (κ3) is 7.53. The highest BCUT2D eigenvalue weighted by Gasteiger charge is 2.34. The van der Waals surface area contributed by atoms with Crippen LogP contribution < -0.4 is 33.7 Å². The number of aryl methyl sites for hydroxylation is 1. The Labute approximate surface area is 182 Å². The van der Waals surface area contributed by atoms with Crippen molar-refractivity contribution < 1.29 is 14.9 Å². The van der Waals surface area contributed by atoms with Crippen LogP contribution in [0.1, 0.15) is 18.2 Å². The molecule has 0 amide bonds. The van der Waals surface area contributed by atoms with Gasteiger partial charge in [-0.1, -0.05) is 0 Å². The molecule has 0 aliphatic carbocycles. The first-order chi connectivity index (χ1) is 15.6. The van der Waals surface area contributed by atoms with Crippen LogP contribution in [-0.4, -0.2) is 58.5 Å². The van der Waals surface area contributed by atoms with E-state index in [0.29, 0.717) is 5.56 Å². The lowest BCUT2D eigenvalue weighted by molar-refractivity contribution is -0.0459. The van der Waals surface area contributed by atoms with Crippen molar-refractivity contribution in [2.75, 3.05) is 6.61 Å². The number of nitrogens with zero attached hydrogens (tertiary/aromatic N) is 1. The maximum absolute atomic E-state index is 11.4. The van der Waals surface area contributed by atoms with E-state index in [-0.39, 0.29) is 24.1 Å². The molecule has 4 heterocycles. The largest absolute Gasteiger partial charge is 0.394 e. The van der Waals surface area contributed by atoms with E-state index in [4.69, 9.17) is 9.84 Å². The van der Waals surface area contributed by atoms with Gasteiger partial charge in [-0.3, -0.25) is 33.9 Å². The summed E-state index contributed by atoms with van der Waals surface area (Å²) < 4.78 is 6.45. The number of aromatic nitrogens is 6. The van der Waals surface area contributed by atoms with Gasteiger partial charge in [0.1, 0.15) is 12.3 Å². The lowest BCUT2D eigenvalue weighted by atomic mass is 10.2. The lowest BCUT2D eigenvalue weighted by Crippen LogP contribution is -2.31. The molecular weight excluding hydrogens is 444 g/mol.